The van der Waals surface area contributed by atoms with Crippen molar-refractivity contribution >= 4 is 5.97 Å². The van der Waals surface area contributed by atoms with E-state index in [0.29, 0.717) is 11.4 Å². The molecule has 0 spiro atoms. The molecule has 88 valence electrons. The third-order valence-corrected chi connectivity index (χ3v) is 2.17. The highest BCUT2D eigenvalue weighted by Crippen LogP contribution is 2.13. The van der Waals surface area contributed by atoms with E-state index in [4.69, 9.17) is 4.74 Å². The molecule has 1 heterocycles. The minimum atomic E-state index is -0.379. The summed E-state index contributed by atoms with van der Waals surface area (Å²) in [7, 11) is 1.35. The van der Waals surface area contributed by atoms with Gasteiger partial charge in [0.15, 0.2) is 0 Å². The number of hydrogen-bond donors (Lipinski definition) is 0. The van der Waals surface area contributed by atoms with Gasteiger partial charge in [-0.1, -0.05) is 13.3 Å². The van der Waals surface area contributed by atoms with E-state index in [1.54, 1.807) is 18.3 Å². The van der Waals surface area contributed by atoms with Crippen LogP contribution in [0.15, 0.2) is 18.3 Å². The highest BCUT2D eigenvalue weighted by molar-refractivity contribution is 5.89. The summed E-state index contributed by atoms with van der Waals surface area (Å²) in [6.45, 7) is 4.08. The molecule has 1 aromatic heterocycles. The zero-order valence-corrected chi connectivity index (χ0v) is 9.90. The molecule has 0 saturated carbocycles. The van der Waals surface area contributed by atoms with Gasteiger partial charge in [0.1, 0.15) is 0 Å². The predicted molar refractivity (Wildman–Crippen MR) is 60.6 cm³/mol. The van der Waals surface area contributed by atoms with Crippen molar-refractivity contribution in [3.63, 3.8) is 0 Å². The first-order valence-corrected chi connectivity index (χ1v) is 5.38. The van der Waals surface area contributed by atoms with Gasteiger partial charge in [0.25, 0.3) is 0 Å². The van der Waals surface area contributed by atoms with Crippen LogP contribution in [0.5, 0.6) is 5.88 Å². The lowest BCUT2D eigenvalue weighted by atomic mass is 10.2. The fourth-order valence-electron chi connectivity index (χ4n) is 1.39. The molecule has 0 radical (unpaired) electrons. The van der Waals surface area contributed by atoms with E-state index in [0.717, 1.165) is 12.8 Å². The van der Waals surface area contributed by atoms with E-state index in [1.807, 2.05) is 6.92 Å². The van der Waals surface area contributed by atoms with Crippen LogP contribution in [0.2, 0.25) is 0 Å². The second-order valence-corrected chi connectivity index (χ2v) is 3.59. The molecule has 1 atom stereocenters. The number of rotatable bonds is 5. The molecule has 0 bridgehead atoms. The molecule has 0 aromatic carbocycles. The molecule has 1 unspecified atom stereocenters. The zero-order chi connectivity index (χ0) is 12.0. The summed E-state index contributed by atoms with van der Waals surface area (Å²) < 4.78 is 10.2. The van der Waals surface area contributed by atoms with Gasteiger partial charge in [-0.05, 0) is 19.4 Å². The fourth-order valence-corrected chi connectivity index (χ4v) is 1.39. The van der Waals surface area contributed by atoms with Crippen LogP contribution >= 0.6 is 0 Å². The third-order valence-electron chi connectivity index (χ3n) is 2.17. The lowest BCUT2D eigenvalue weighted by molar-refractivity contribution is 0.0599. The van der Waals surface area contributed by atoms with E-state index in [9.17, 15) is 4.79 Å². The third kappa shape index (κ3) is 3.53. The van der Waals surface area contributed by atoms with Crippen LogP contribution in [-0.4, -0.2) is 24.2 Å². The molecule has 0 fully saturated rings. The number of methoxy groups -OCH3 is 1. The van der Waals surface area contributed by atoms with Crippen molar-refractivity contribution in [1.82, 2.24) is 4.98 Å². The van der Waals surface area contributed by atoms with Crippen LogP contribution in [0.1, 0.15) is 37.0 Å². The maximum Gasteiger partial charge on any atom is 0.338 e. The van der Waals surface area contributed by atoms with Crippen LogP contribution in [-0.2, 0) is 4.74 Å². The van der Waals surface area contributed by atoms with Crippen molar-refractivity contribution in [1.29, 1.82) is 0 Å². The van der Waals surface area contributed by atoms with Crippen molar-refractivity contribution in [3.05, 3.63) is 23.9 Å². The topological polar surface area (TPSA) is 48.4 Å². The maximum atomic E-state index is 11.3. The van der Waals surface area contributed by atoms with Gasteiger partial charge in [0, 0.05) is 12.3 Å². The minimum absolute atomic E-state index is 0.102. The number of carbonyl (C=O) groups excluding carboxylic acids is 1. The number of ether oxygens (including phenoxy) is 2. The van der Waals surface area contributed by atoms with E-state index >= 15 is 0 Å². The summed E-state index contributed by atoms with van der Waals surface area (Å²) in [5.74, 6) is 0.0826. The SMILES string of the molecule is CCCC(C)Oc1cc(C(=O)OC)ccn1. The zero-order valence-electron chi connectivity index (χ0n) is 9.90. The standard InChI is InChI=1S/C12H17NO3/c1-4-5-9(2)16-11-8-10(6-7-13-11)12(14)15-3/h6-9H,4-5H2,1-3H3. The van der Waals surface area contributed by atoms with Gasteiger partial charge >= 0.3 is 5.97 Å². The first-order chi connectivity index (χ1) is 7.67. The maximum absolute atomic E-state index is 11.3. The second-order valence-electron chi connectivity index (χ2n) is 3.59. The number of hydrogen-bond acceptors (Lipinski definition) is 4. The van der Waals surface area contributed by atoms with Gasteiger partial charge in [-0.3, -0.25) is 0 Å². The quantitative estimate of drug-likeness (QED) is 0.719. The largest absolute Gasteiger partial charge is 0.475 e. The summed E-state index contributed by atoms with van der Waals surface area (Å²) >= 11 is 0. The van der Waals surface area contributed by atoms with Crippen molar-refractivity contribution < 1.29 is 14.3 Å². The van der Waals surface area contributed by atoms with Gasteiger partial charge in [-0.25, -0.2) is 9.78 Å². The van der Waals surface area contributed by atoms with Crippen LogP contribution in [0, 0.1) is 0 Å². The molecule has 0 saturated heterocycles. The summed E-state index contributed by atoms with van der Waals surface area (Å²) in [5, 5.41) is 0. The van der Waals surface area contributed by atoms with Crippen LogP contribution in [0.4, 0.5) is 0 Å². The van der Waals surface area contributed by atoms with Crippen LogP contribution < -0.4 is 4.74 Å². The van der Waals surface area contributed by atoms with Crippen LogP contribution in [0.3, 0.4) is 0 Å². The lowest BCUT2D eigenvalue weighted by Gasteiger charge is -2.12. The Morgan fingerprint density at radius 3 is 2.94 bits per heavy atom. The average Bonchev–Trinajstić information content (AvgIpc) is 2.28. The summed E-state index contributed by atoms with van der Waals surface area (Å²) in [6, 6.07) is 3.20. The Labute approximate surface area is 95.6 Å². The number of aromatic nitrogens is 1. The molecule has 0 aliphatic carbocycles. The summed E-state index contributed by atoms with van der Waals surface area (Å²) in [6.07, 6.45) is 3.66. The molecule has 1 aromatic rings. The Hall–Kier alpha value is -1.58. The molecule has 0 amide bonds. The van der Waals surface area contributed by atoms with Crippen molar-refractivity contribution in [2.24, 2.45) is 0 Å². The second kappa shape index (κ2) is 6.10. The Morgan fingerprint density at radius 1 is 1.56 bits per heavy atom. The molecule has 4 heteroatoms. The highest BCUT2D eigenvalue weighted by atomic mass is 16.5. The Bertz CT molecular complexity index is 352. The number of esters is 1. The number of carbonyl (C=O) groups is 1. The van der Waals surface area contributed by atoms with Crippen molar-refractivity contribution in [2.75, 3.05) is 7.11 Å². The number of pyridine rings is 1. The van der Waals surface area contributed by atoms with Gasteiger partial charge in [-0.15, -0.1) is 0 Å². The van der Waals surface area contributed by atoms with E-state index in [1.165, 1.54) is 7.11 Å². The van der Waals surface area contributed by atoms with Gasteiger partial charge in [0.05, 0.1) is 18.8 Å². The fraction of sp³-hybridized carbons (Fsp3) is 0.500. The molecule has 0 aliphatic heterocycles. The molecule has 4 nitrogen and oxygen atoms in total. The van der Waals surface area contributed by atoms with Crippen molar-refractivity contribution in [3.8, 4) is 5.88 Å². The summed E-state index contributed by atoms with van der Waals surface area (Å²) in [5.41, 5.74) is 0.455. The van der Waals surface area contributed by atoms with E-state index < -0.39 is 0 Å². The number of nitrogens with zero attached hydrogens (tertiary/aromatic N) is 1. The molecule has 16 heavy (non-hydrogen) atoms. The molecular weight excluding hydrogens is 206 g/mol. The first-order valence-electron chi connectivity index (χ1n) is 5.38. The normalized spacial score (nSPS) is 11.9. The minimum Gasteiger partial charge on any atom is -0.475 e. The Kier molecular flexibility index (Phi) is 4.76. The van der Waals surface area contributed by atoms with Gasteiger partial charge < -0.3 is 9.47 Å². The predicted octanol–water partition coefficient (Wildman–Crippen LogP) is 2.44. The molecule has 1 rings (SSSR count). The highest BCUT2D eigenvalue weighted by Gasteiger charge is 2.09. The first kappa shape index (κ1) is 12.5. The van der Waals surface area contributed by atoms with Crippen LogP contribution in [0.25, 0.3) is 0 Å². The summed E-state index contributed by atoms with van der Waals surface area (Å²) in [4.78, 5) is 15.3. The Balaban J connectivity index is 2.70. The lowest BCUT2D eigenvalue weighted by Crippen LogP contribution is -2.12. The van der Waals surface area contributed by atoms with Crippen molar-refractivity contribution in [2.45, 2.75) is 32.8 Å². The van der Waals surface area contributed by atoms with Gasteiger partial charge in [-0.2, -0.15) is 0 Å². The monoisotopic (exact) mass is 223 g/mol. The Morgan fingerprint density at radius 2 is 2.31 bits per heavy atom. The molecule has 0 N–H and O–H groups in total. The van der Waals surface area contributed by atoms with E-state index in [2.05, 4.69) is 16.6 Å². The average molecular weight is 223 g/mol. The van der Waals surface area contributed by atoms with E-state index in [-0.39, 0.29) is 12.1 Å². The van der Waals surface area contributed by atoms with Gasteiger partial charge in [0.2, 0.25) is 5.88 Å². The molecular formula is C12H17NO3. The molecule has 0 aliphatic rings. The smallest absolute Gasteiger partial charge is 0.338 e.